The maximum Gasteiger partial charge on any atom is 0.286 e. The van der Waals surface area contributed by atoms with E-state index >= 15 is 0 Å². The fraction of sp³-hybridized carbons (Fsp3) is 0.455. The molecule has 8 nitrogen and oxygen atoms in total. The van der Waals surface area contributed by atoms with Crippen LogP contribution in [0.25, 0.3) is 0 Å². The Balaban J connectivity index is 1.79. The van der Waals surface area contributed by atoms with Crippen LogP contribution in [0.3, 0.4) is 0 Å². The number of nitrogens with one attached hydrogen (secondary N) is 1. The molecule has 0 aliphatic heterocycles. The molecule has 0 saturated heterocycles. The monoisotopic (exact) mass is 410 g/mol. The van der Waals surface area contributed by atoms with Gasteiger partial charge in [0.05, 0.1) is 23.6 Å². The minimum Gasteiger partial charge on any atom is -0.370 e. The van der Waals surface area contributed by atoms with E-state index in [4.69, 9.17) is 5.73 Å². The van der Waals surface area contributed by atoms with Gasteiger partial charge in [0.1, 0.15) is 0 Å². The number of hydrogen-bond donors (Lipinski definition) is 2. The third kappa shape index (κ3) is 4.28. The molecule has 8 heteroatoms. The molecule has 1 heterocycles. The Labute approximate surface area is 177 Å². The second-order valence-corrected chi connectivity index (χ2v) is 8.32. The Morgan fingerprint density at radius 1 is 1.10 bits per heavy atom. The summed E-state index contributed by atoms with van der Waals surface area (Å²) in [5, 5.41) is 3.10. The normalized spacial score (nSPS) is 23.7. The van der Waals surface area contributed by atoms with Crippen LogP contribution >= 0.6 is 0 Å². The number of nitrogens with zero attached hydrogens (tertiary/aromatic N) is 4. The molecular weight excluding hydrogens is 380 g/mol. The summed E-state index contributed by atoms with van der Waals surface area (Å²) in [6.07, 6.45) is 7.49. The first-order valence-corrected chi connectivity index (χ1v) is 10.1. The fourth-order valence-electron chi connectivity index (χ4n) is 4.55. The van der Waals surface area contributed by atoms with Crippen LogP contribution < -0.4 is 16.0 Å². The largest absolute Gasteiger partial charge is 0.370 e. The highest BCUT2D eigenvalue weighted by atomic mass is 16.1. The molecule has 0 radical (unpaired) electrons. The molecule has 0 unspecified atom stereocenters. The first kappa shape index (κ1) is 21.7. The summed E-state index contributed by atoms with van der Waals surface area (Å²) in [6.45, 7) is 0.614. The average molecular weight is 411 g/mol. The molecule has 3 rings (SSSR count). The Hall–Kier alpha value is -3.00. The van der Waals surface area contributed by atoms with Gasteiger partial charge in [-0.1, -0.05) is 30.3 Å². The van der Waals surface area contributed by atoms with Crippen molar-refractivity contribution in [1.29, 1.82) is 0 Å². The number of anilines is 1. The number of nitrogens with two attached hydrogens (primary N) is 1. The zero-order valence-corrected chi connectivity index (χ0v) is 17.8. The smallest absolute Gasteiger partial charge is 0.286 e. The summed E-state index contributed by atoms with van der Waals surface area (Å²) in [6, 6.07) is 10.6. The topological polar surface area (TPSA) is 104 Å². The van der Waals surface area contributed by atoms with E-state index in [2.05, 4.69) is 58.5 Å². The van der Waals surface area contributed by atoms with Gasteiger partial charge in [-0.15, -0.1) is 0 Å². The molecule has 160 valence electrons. The van der Waals surface area contributed by atoms with Gasteiger partial charge in [-0.05, 0) is 45.3 Å². The molecule has 2 aromatic rings. The zero-order chi connectivity index (χ0) is 21.8. The summed E-state index contributed by atoms with van der Waals surface area (Å²) in [7, 11) is 6.18. The lowest BCUT2D eigenvalue weighted by Crippen LogP contribution is -2.58. The number of hydrogen-bond acceptors (Lipinski definition) is 6. The van der Waals surface area contributed by atoms with E-state index < -0.39 is 5.91 Å². The second-order valence-electron chi connectivity index (χ2n) is 8.32. The van der Waals surface area contributed by atoms with Crippen LogP contribution in [0.4, 0.5) is 5.69 Å². The summed E-state index contributed by atoms with van der Waals surface area (Å²) in [5.41, 5.74) is 6.88. The van der Waals surface area contributed by atoms with E-state index in [0.29, 0.717) is 6.54 Å². The predicted molar refractivity (Wildman–Crippen MR) is 116 cm³/mol. The number of primary amides is 1. The van der Waals surface area contributed by atoms with Crippen LogP contribution in [0.2, 0.25) is 0 Å². The number of carbonyl (C=O) groups is 2. The lowest BCUT2D eigenvalue weighted by molar-refractivity contribution is -0.112. The van der Waals surface area contributed by atoms with Crippen LogP contribution in [0.15, 0.2) is 42.7 Å². The van der Waals surface area contributed by atoms with Gasteiger partial charge in [0, 0.05) is 19.1 Å². The van der Waals surface area contributed by atoms with Gasteiger partial charge >= 0.3 is 0 Å². The predicted octanol–water partition coefficient (Wildman–Crippen LogP) is 1.53. The fourth-order valence-corrected chi connectivity index (χ4v) is 4.55. The van der Waals surface area contributed by atoms with E-state index in [1.807, 2.05) is 18.0 Å². The molecule has 1 aliphatic carbocycles. The third-order valence-electron chi connectivity index (χ3n) is 6.41. The third-order valence-corrected chi connectivity index (χ3v) is 6.41. The molecule has 1 aromatic carbocycles. The van der Waals surface area contributed by atoms with E-state index in [-0.39, 0.29) is 16.9 Å². The number of rotatable bonds is 8. The minimum atomic E-state index is -0.656. The highest BCUT2D eigenvalue weighted by Crippen LogP contribution is 2.44. The number of carbonyl (C=O) groups excluding carboxylic acids is 2. The van der Waals surface area contributed by atoms with Crippen LogP contribution in [0.1, 0.15) is 41.9 Å². The summed E-state index contributed by atoms with van der Waals surface area (Å²) >= 11 is 0. The molecule has 3 N–H and O–H groups in total. The molecule has 1 fully saturated rings. The molecule has 2 amide bonds. The van der Waals surface area contributed by atoms with Crippen molar-refractivity contribution >= 4 is 18.0 Å². The van der Waals surface area contributed by atoms with E-state index in [9.17, 15) is 9.59 Å². The Morgan fingerprint density at radius 3 is 2.20 bits per heavy atom. The van der Waals surface area contributed by atoms with Crippen molar-refractivity contribution in [2.24, 2.45) is 5.73 Å². The molecule has 0 bridgehead atoms. The summed E-state index contributed by atoms with van der Waals surface area (Å²) in [5.74, 6) is -0.666. The molecule has 30 heavy (non-hydrogen) atoms. The standard InChI is InChI=1S/C22H30N6O2/c1-27(2)22(17-7-5-4-6-8-17)11-9-21(10-12-22,26-16-29)15-28(3)18-13-24-20(19(23)30)25-14-18/h4-8,13-14,16H,9-12,15H2,1-3H3,(H2,23,30)(H,26,29). The van der Waals surface area contributed by atoms with Crippen molar-refractivity contribution < 1.29 is 9.59 Å². The van der Waals surface area contributed by atoms with Gasteiger partial charge in [0.25, 0.3) is 5.91 Å². The van der Waals surface area contributed by atoms with Crippen molar-refractivity contribution in [2.75, 3.05) is 32.6 Å². The van der Waals surface area contributed by atoms with Crippen molar-refractivity contribution in [2.45, 2.75) is 36.8 Å². The molecular formula is C22H30N6O2. The second kappa shape index (κ2) is 8.79. The van der Waals surface area contributed by atoms with Crippen molar-refractivity contribution in [3.63, 3.8) is 0 Å². The number of aromatic nitrogens is 2. The molecule has 0 spiro atoms. The number of benzene rings is 1. The first-order chi connectivity index (χ1) is 14.3. The van der Waals surface area contributed by atoms with Gasteiger partial charge in [0.2, 0.25) is 12.2 Å². The summed E-state index contributed by atoms with van der Waals surface area (Å²) < 4.78 is 0. The Bertz CT molecular complexity index is 861. The van der Waals surface area contributed by atoms with Crippen LogP contribution in [-0.2, 0) is 10.3 Å². The quantitative estimate of drug-likeness (QED) is 0.640. The van der Waals surface area contributed by atoms with E-state index in [0.717, 1.165) is 37.8 Å². The van der Waals surface area contributed by atoms with Crippen LogP contribution in [-0.4, -0.2) is 60.4 Å². The van der Waals surface area contributed by atoms with Gasteiger partial charge in [-0.2, -0.15) is 0 Å². The maximum absolute atomic E-state index is 11.5. The average Bonchev–Trinajstić information content (AvgIpc) is 2.75. The lowest BCUT2D eigenvalue weighted by atomic mass is 9.68. The minimum absolute atomic E-state index is 0.0100. The lowest BCUT2D eigenvalue weighted by Gasteiger charge is -2.50. The number of amides is 2. The number of likely N-dealkylation sites (N-methyl/N-ethyl adjacent to an activating group) is 1. The van der Waals surface area contributed by atoms with Gasteiger partial charge < -0.3 is 16.0 Å². The Kier molecular flexibility index (Phi) is 6.36. The van der Waals surface area contributed by atoms with Crippen LogP contribution in [0.5, 0.6) is 0 Å². The molecule has 0 atom stereocenters. The van der Waals surface area contributed by atoms with Crippen molar-refractivity contribution in [1.82, 2.24) is 20.2 Å². The highest BCUT2D eigenvalue weighted by molar-refractivity contribution is 5.88. The SMILES string of the molecule is CN(CC1(NC=O)CCC(c2ccccc2)(N(C)C)CC1)c1cnc(C(N)=O)nc1. The maximum atomic E-state index is 11.5. The van der Waals surface area contributed by atoms with Gasteiger partial charge in [0.15, 0.2) is 0 Å². The van der Waals surface area contributed by atoms with E-state index in [1.165, 1.54) is 5.56 Å². The molecule has 1 aliphatic rings. The molecule has 1 saturated carbocycles. The van der Waals surface area contributed by atoms with Crippen molar-refractivity contribution in [3.05, 3.63) is 54.1 Å². The Morgan fingerprint density at radius 2 is 1.70 bits per heavy atom. The van der Waals surface area contributed by atoms with Gasteiger partial charge in [-0.25, -0.2) is 9.97 Å². The summed E-state index contributed by atoms with van der Waals surface area (Å²) in [4.78, 5) is 35.0. The first-order valence-electron chi connectivity index (χ1n) is 10.1. The van der Waals surface area contributed by atoms with Gasteiger partial charge in [-0.3, -0.25) is 14.5 Å². The zero-order valence-electron chi connectivity index (χ0n) is 17.8. The molecule has 1 aromatic heterocycles. The van der Waals surface area contributed by atoms with Crippen molar-refractivity contribution in [3.8, 4) is 0 Å². The van der Waals surface area contributed by atoms with E-state index in [1.54, 1.807) is 12.4 Å². The highest BCUT2D eigenvalue weighted by Gasteiger charge is 2.45. The van der Waals surface area contributed by atoms with Crippen LogP contribution in [0, 0.1) is 0 Å².